The molecule has 210 valence electrons. The zero-order valence-corrected chi connectivity index (χ0v) is 23.5. The van der Waals surface area contributed by atoms with Crippen molar-refractivity contribution in [2.24, 2.45) is 5.92 Å². The Kier molecular flexibility index (Phi) is 7.49. The van der Waals surface area contributed by atoms with Crippen LogP contribution in [0.15, 0.2) is 51.1 Å². The highest BCUT2D eigenvalue weighted by Gasteiger charge is 2.50. The van der Waals surface area contributed by atoms with Crippen LogP contribution >= 0.6 is 0 Å². The van der Waals surface area contributed by atoms with E-state index in [4.69, 9.17) is 4.74 Å². The Morgan fingerprint density at radius 3 is 1.84 bits per heavy atom. The molecular weight excluding hydrogens is 571 g/mol. The van der Waals surface area contributed by atoms with Crippen molar-refractivity contribution in [3.63, 3.8) is 0 Å². The molecule has 3 rings (SSSR count). The third-order valence-electron chi connectivity index (χ3n) is 6.60. The van der Waals surface area contributed by atoms with Crippen molar-refractivity contribution in [1.29, 1.82) is 0 Å². The molecule has 0 atom stereocenters. The molecular formula is C23H26F3NO8S3. The Balaban J connectivity index is 1.98. The van der Waals surface area contributed by atoms with Gasteiger partial charge in [-0.15, -0.1) is 0 Å². The molecule has 0 saturated carbocycles. The van der Waals surface area contributed by atoms with E-state index in [0.717, 1.165) is 47.7 Å². The number of sulfone groups is 3. The average Bonchev–Trinajstić information content (AvgIpc) is 2.75. The smallest absolute Gasteiger partial charge is 0.416 e. The molecule has 1 saturated heterocycles. The highest BCUT2D eigenvalue weighted by Crippen LogP contribution is 2.40. The van der Waals surface area contributed by atoms with E-state index in [1.807, 2.05) is 0 Å². The van der Waals surface area contributed by atoms with Gasteiger partial charge in [-0.2, -0.15) is 13.2 Å². The van der Waals surface area contributed by atoms with Gasteiger partial charge in [0.1, 0.15) is 5.75 Å². The lowest BCUT2D eigenvalue weighted by molar-refractivity contribution is -0.137. The number of methoxy groups -OCH3 is 1. The highest BCUT2D eigenvalue weighted by atomic mass is 32.2. The van der Waals surface area contributed by atoms with Crippen molar-refractivity contribution < 1.29 is 48.0 Å². The molecule has 1 heterocycles. The van der Waals surface area contributed by atoms with Crippen LogP contribution in [0.3, 0.4) is 0 Å². The van der Waals surface area contributed by atoms with E-state index in [1.54, 1.807) is 0 Å². The lowest BCUT2D eigenvalue weighted by Gasteiger charge is -2.47. The first kappa shape index (κ1) is 29.9. The number of hydrogen-bond donors (Lipinski definition) is 0. The van der Waals surface area contributed by atoms with E-state index in [0.29, 0.717) is 6.07 Å². The van der Waals surface area contributed by atoms with Crippen LogP contribution in [0.1, 0.15) is 29.8 Å². The Hall–Kier alpha value is -2.65. The number of carbonyl (C=O) groups is 1. The van der Waals surface area contributed by atoms with Crippen molar-refractivity contribution in [3.05, 3.63) is 47.5 Å². The minimum Gasteiger partial charge on any atom is -0.497 e. The normalized spacial score (nSPS) is 15.7. The summed E-state index contributed by atoms with van der Waals surface area (Å²) in [5, 5.41) is 0. The van der Waals surface area contributed by atoms with Gasteiger partial charge in [0.05, 0.1) is 37.7 Å². The zero-order valence-electron chi connectivity index (χ0n) is 21.0. The summed E-state index contributed by atoms with van der Waals surface area (Å²) in [6.07, 6.45) is -3.15. The van der Waals surface area contributed by atoms with Crippen LogP contribution in [0.25, 0.3) is 0 Å². The maximum absolute atomic E-state index is 13.4. The van der Waals surface area contributed by atoms with Gasteiger partial charge in [-0.05, 0) is 44.2 Å². The van der Waals surface area contributed by atoms with Crippen molar-refractivity contribution in [3.8, 4) is 5.75 Å². The molecule has 0 N–H and O–H groups in total. The third-order valence-corrected chi connectivity index (χ3v) is 11.4. The van der Waals surface area contributed by atoms with E-state index in [2.05, 4.69) is 0 Å². The van der Waals surface area contributed by atoms with Gasteiger partial charge in [0.2, 0.25) is 0 Å². The standard InChI is InChI=1S/C23H26F3NO8S3/c1-22(2,38(33,34)17-8-6-7-14(9-17)23(24,25)26)15-12-27(13-15)21(28)20-18(36(4,29)30)10-16(35-3)11-19(20)37(5,31)32/h6-11,15H,12-13H2,1-5H3. The van der Waals surface area contributed by atoms with E-state index < -0.39 is 78.1 Å². The van der Waals surface area contributed by atoms with Crippen molar-refractivity contribution in [2.45, 2.75) is 39.5 Å². The summed E-state index contributed by atoms with van der Waals surface area (Å²) in [4.78, 5) is 12.8. The van der Waals surface area contributed by atoms with Crippen LogP contribution in [0.4, 0.5) is 13.2 Å². The minimum absolute atomic E-state index is 0.0998. The molecule has 1 fully saturated rings. The van der Waals surface area contributed by atoms with E-state index in [9.17, 15) is 43.2 Å². The quantitative estimate of drug-likeness (QED) is 0.476. The summed E-state index contributed by atoms with van der Waals surface area (Å²) in [6.45, 7) is 2.24. The summed E-state index contributed by atoms with van der Waals surface area (Å²) in [6, 6.07) is 5.40. The lowest BCUT2D eigenvalue weighted by atomic mass is 9.87. The molecule has 0 spiro atoms. The Labute approximate surface area is 219 Å². The summed E-state index contributed by atoms with van der Waals surface area (Å²) in [5.41, 5.74) is -1.71. The molecule has 1 aliphatic rings. The lowest BCUT2D eigenvalue weighted by Crippen LogP contribution is -2.60. The number of halogens is 3. The molecule has 15 heteroatoms. The zero-order chi connectivity index (χ0) is 29.1. The fourth-order valence-corrected chi connectivity index (χ4v) is 7.68. The summed E-state index contributed by atoms with van der Waals surface area (Å²) >= 11 is 0. The van der Waals surface area contributed by atoms with Gasteiger partial charge in [0, 0.05) is 31.5 Å². The van der Waals surface area contributed by atoms with Crippen molar-refractivity contribution in [1.82, 2.24) is 4.90 Å². The highest BCUT2D eigenvalue weighted by molar-refractivity contribution is 7.93. The fraction of sp³-hybridized carbons (Fsp3) is 0.435. The molecule has 0 radical (unpaired) electrons. The first-order valence-electron chi connectivity index (χ1n) is 11.0. The first-order chi connectivity index (χ1) is 17.1. The van der Waals surface area contributed by atoms with Crippen molar-refractivity contribution in [2.75, 3.05) is 32.7 Å². The molecule has 2 aromatic rings. The van der Waals surface area contributed by atoms with Gasteiger partial charge in [-0.3, -0.25) is 4.79 Å². The van der Waals surface area contributed by atoms with Crippen LogP contribution in [0, 0.1) is 5.92 Å². The van der Waals surface area contributed by atoms with Gasteiger partial charge in [0.25, 0.3) is 5.91 Å². The maximum Gasteiger partial charge on any atom is 0.416 e. The number of nitrogens with zero attached hydrogens (tertiary/aromatic N) is 1. The van der Waals surface area contributed by atoms with Crippen LogP contribution in [0.2, 0.25) is 0 Å². The predicted octanol–water partition coefficient (Wildman–Crippen LogP) is 2.85. The topological polar surface area (TPSA) is 132 Å². The van der Waals surface area contributed by atoms with E-state index >= 15 is 0 Å². The molecule has 9 nitrogen and oxygen atoms in total. The van der Waals surface area contributed by atoms with E-state index in [1.165, 1.54) is 21.0 Å². The van der Waals surface area contributed by atoms with Gasteiger partial charge in [0.15, 0.2) is 29.5 Å². The van der Waals surface area contributed by atoms with Gasteiger partial charge < -0.3 is 9.64 Å². The predicted molar refractivity (Wildman–Crippen MR) is 131 cm³/mol. The SMILES string of the molecule is COc1cc(S(C)(=O)=O)c(C(=O)N2CC(C(C)(C)S(=O)(=O)c3cccc(C(F)(F)F)c3)C2)c(S(C)(=O)=O)c1. The van der Waals surface area contributed by atoms with E-state index in [-0.39, 0.29) is 18.8 Å². The number of alkyl halides is 3. The Bertz CT molecular complexity index is 1550. The third kappa shape index (κ3) is 5.41. The second-order valence-corrected chi connectivity index (χ2v) is 16.1. The molecule has 1 aliphatic heterocycles. The monoisotopic (exact) mass is 597 g/mol. The minimum atomic E-state index is -4.75. The van der Waals surface area contributed by atoms with Crippen LogP contribution < -0.4 is 4.74 Å². The first-order valence-corrected chi connectivity index (χ1v) is 16.2. The van der Waals surface area contributed by atoms with Gasteiger partial charge >= 0.3 is 6.18 Å². The molecule has 0 unspecified atom stereocenters. The average molecular weight is 598 g/mol. The van der Waals surface area contributed by atoms with Gasteiger partial charge in [-0.1, -0.05) is 6.07 Å². The van der Waals surface area contributed by atoms with Gasteiger partial charge in [-0.25, -0.2) is 25.3 Å². The molecule has 0 aliphatic carbocycles. The number of benzene rings is 2. The Morgan fingerprint density at radius 1 is 0.921 bits per heavy atom. The molecule has 0 bridgehead atoms. The summed E-state index contributed by atoms with van der Waals surface area (Å²) in [5.74, 6) is -1.79. The number of carbonyl (C=O) groups excluding carboxylic acids is 1. The van der Waals surface area contributed by atoms with Crippen LogP contribution in [-0.2, 0) is 35.7 Å². The molecule has 2 aromatic carbocycles. The maximum atomic E-state index is 13.4. The second-order valence-electron chi connectivity index (χ2n) is 9.58. The number of likely N-dealkylation sites (tertiary alicyclic amines) is 1. The molecule has 1 amide bonds. The van der Waals surface area contributed by atoms with Crippen LogP contribution in [-0.4, -0.2) is 73.5 Å². The number of ether oxygens (including phenoxy) is 1. The largest absolute Gasteiger partial charge is 0.497 e. The summed E-state index contributed by atoms with van der Waals surface area (Å²) in [7, 11) is -11.3. The number of rotatable bonds is 7. The van der Waals surface area contributed by atoms with Crippen molar-refractivity contribution >= 4 is 35.4 Å². The molecule has 0 aromatic heterocycles. The summed E-state index contributed by atoms with van der Waals surface area (Å²) < 4.78 is 119. The van der Waals surface area contributed by atoms with Crippen LogP contribution in [0.5, 0.6) is 5.75 Å². The fourth-order valence-electron chi connectivity index (χ4n) is 4.08. The molecule has 38 heavy (non-hydrogen) atoms. The number of amides is 1. The Morgan fingerprint density at radius 2 is 1.42 bits per heavy atom. The number of hydrogen-bond acceptors (Lipinski definition) is 8. The second kappa shape index (κ2) is 9.52.